The lowest BCUT2D eigenvalue weighted by atomic mass is 10.0. The Balaban J connectivity index is 1.96. The fourth-order valence-corrected chi connectivity index (χ4v) is 2.06. The minimum absolute atomic E-state index is 0.0999. The first-order chi connectivity index (χ1) is 10.1. The molecule has 0 aromatic heterocycles. The molecule has 0 fully saturated rings. The van der Waals surface area contributed by atoms with Gasteiger partial charge in [0.2, 0.25) is 5.91 Å². The highest BCUT2D eigenvalue weighted by molar-refractivity contribution is 5.81. The molecule has 2 aromatic carbocycles. The van der Waals surface area contributed by atoms with E-state index in [-0.39, 0.29) is 11.8 Å². The predicted molar refractivity (Wildman–Crippen MR) is 86.5 cm³/mol. The summed E-state index contributed by atoms with van der Waals surface area (Å²) in [6, 6.07) is 18.0. The maximum absolute atomic E-state index is 11.8. The molecule has 3 heteroatoms. The van der Waals surface area contributed by atoms with Crippen molar-refractivity contribution in [2.75, 3.05) is 0 Å². The number of amides is 1. The summed E-state index contributed by atoms with van der Waals surface area (Å²) in [5, 5.41) is 2.88. The Kier molecular flexibility index (Phi) is 5.12. The van der Waals surface area contributed by atoms with Crippen LogP contribution >= 0.6 is 0 Å². The maximum Gasteiger partial charge on any atom is 0.237 e. The van der Waals surface area contributed by atoms with Gasteiger partial charge in [0.25, 0.3) is 0 Å². The van der Waals surface area contributed by atoms with Gasteiger partial charge in [-0.1, -0.05) is 68.4 Å². The Hall–Kier alpha value is -2.13. The summed E-state index contributed by atoms with van der Waals surface area (Å²) in [7, 11) is 0. The summed E-state index contributed by atoms with van der Waals surface area (Å²) in [4.78, 5) is 11.8. The second-order valence-corrected chi connectivity index (χ2v) is 5.55. The van der Waals surface area contributed by atoms with Crippen LogP contribution in [0.1, 0.15) is 19.4 Å². The predicted octanol–water partition coefficient (Wildman–Crippen LogP) is 2.95. The van der Waals surface area contributed by atoms with Crippen LogP contribution in [0.5, 0.6) is 0 Å². The van der Waals surface area contributed by atoms with E-state index < -0.39 is 6.04 Å². The van der Waals surface area contributed by atoms with Gasteiger partial charge in [-0.2, -0.15) is 0 Å². The van der Waals surface area contributed by atoms with Gasteiger partial charge in [-0.3, -0.25) is 4.79 Å². The quantitative estimate of drug-likeness (QED) is 0.886. The molecule has 2 rings (SSSR count). The average Bonchev–Trinajstić information content (AvgIpc) is 2.53. The van der Waals surface area contributed by atoms with Gasteiger partial charge in [0.1, 0.15) is 0 Å². The van der Waals surface area contributed by atoms with Crippen LogP contribution in [-0.2, 0) is 11.3 Å². The first kappa shape index (κ1) is 15.3. The summed E-state index contributed by atoms with van der Waals surface area (Å²) in [6.45, 7) is 4.39. The summed E-state index contributed by atoms with van der Waals surface area (Å²) in [5.74, 6) is 0.0441. The first-order valence-corrected chi connectivity index (χ1v) is 7.25. The van der Waals surface area contributed by atoms with Gasteiger partial charge in [-0.05, 0) is 22.6 Å². The van der Waals surface area contributed by atoms with Crippen LogP contribution < -0.4 is 11.1 Å². The van der Waals surface area contributed by atoms with Crippen LogP contribution in [0, 0.1) is 5.92 Å². The standard InChI is InChI=1S/C18H22N2O/c1-13(2)17(19)18(21)20-12-14-8-10-16(11-9-14)15-6-4-3-5-7-15/h3-11,13,17H,12,19H2,1-2H3,(H,20,21). The summed E-state index contributed by atoms with van der Waals surface area (Å²) in [6.07, 6.45) is 0. The van der Waals surface area contributed by atoms with Crippen molar-refractivity contribution in [2.24, 2.45) is 11.7 Å². The van der Waals surface area contributed by atoms with Crippen LogP contribution in [0.4, 0.5) is 0 Å². The van der Waals surface area contributed by atoms with E-state index in [1.165, 1.54) is 11.1 Å². The molecule has 0 aliphatic rings. The zero-order valence-corrected chi connectivity index (χ0v) is 12.5. The Morgan fingerprint density at radius 3 is 2.14 bits per heavy atom. The Morgan fingerprint density at radius 2 is 1.57 bits per heavy atom. The summed E-state index contributed by atoms with van der Waals surface area (Å²) >= 11 is 0. The normalized spacial score (nSPS) is 12.2. The molecular weight excluding hydrogens is 260 g/mol. The molecule has 110 valence electrons. The van der Waals surface area contributed by atoms with E-state index >= 15 is 0 Å². The second kappa shape index (κ2) is 7.04. The molecule has 1 atom stereocenters. The van der Waals surface area contributed by atoms with Gasteiger partial charge in [-0.15, -0.1) is 0 Å². The number of hydrogen-bond donors (Lipinski definition) is 2. The lowest BCUT2D eigenvalue weighted by Crippen LogP contribution is -2.43. The maximum atomic E-state index is 11.8. The second-order valence-electron chi connectivity index (χ2n) is 5.55. The Labute approximate surface area is 126 Å². The van der Waals surface area contributed by atoms with Crippen LogP contribution in [0.2, 0.25) is 0 Å². The monoisotopic (exact) mass is 282 g/mol. The number of nitrogens with one attached hydrogen (secondary N) is 1. The highest BCUT2D eigenvalue weighted by Crippen LogP contribution is 2.19. The smallest absolute Gasteiger partial charge is 0.237 e. The van der Waals surface area contributed by atoms with Gasteiger partial charge in [-0.25, -0.2) is 0 Å². The molecular formula is C18H22N2O. The molecule has 0 saturated heterocycles. The molecule has 0 aliphatic heterocycles. The van der Waals surface area contributed by atoms with Crippen LogP contribution in [0.3, 0.4) is 0 Å². The summed E-state index contributed by atoms with van der Waals surface area (Å²) < 4.78 is 0. The Bertz CT molecular complexity index is 576. The van der Waals surface area contributed by atoms with Gasteiger partial charge in [0.05, 0.1) is 6.04 Å². The first-order valence-electron chi connectivity index (χ1n) is 7.25. The van der Waals surface area contributed by atoms with Crippen molar-refractivity contribution in [3.05, 3.63) is 60.2 Å². The topological polar surface area (TPSA) is 55.1 Å². The van der Waals surface area contributed by atoms with Gasteiger partial charge >= 0.3 is 0 Å². The lowest BCUT2D eigenvalue weighted by molar-refractivity contribution is -0.123. The van der Waals surface area contributed by atoms with Crippen molar-refractivity contribution >= 4 is 5.91 Å². The molecule has 1 unspecified atom stereocenters. The molecule has 3 nitrogen and oxygen atoms in total. The van der Waals surface area contributed by atoms with E-state index in [9.17, 15) is 4.79 Å². The fourth-order valence-electron chi connectivity index (χ4n) is 2.06. The zero-order chi connectivity index (χ0) is 15.2. The molecule has 21 heavy (non-hydrogen) atoms. The van der Waals surface area contributed by atoms with Gasteiger partial charge in [0, 0.05) is 6.54 Å². The van der Waals surface area contributed by atoms with E-state index in [0.29, 0.717) is 6.54 Å². The molecule has 3 N–H and O–H groups in total. The number of rotatable bonds is 5. The van der Waals surface area contributed by atoms with Gasteiger partial charge < -0.3 is 11.1 Å². The molecule has 0 heterocycles. The van der Waals surface area contributed by atoms with Crippen LogP contribution in [0.25, 0.3) is 11.1 Å². The van der Waals surface area contributed by atoms with Crippen molar-refractivity contribution in [3.63, 3.8) is 0 Å². The minimum Gasteiger partial charge on any atom is -0.351 e. The average molecular weight is 282 g/mol. The van der Waals surface area contributed by atoms with Gasteiger partial charge in [0.15, 0.2) is 0 Å². The van der Waals surface area contributed by atoms with E-state index in [4.69, 9.17) is 5.73 Å². The number of nitrogens with two attached hydrogens (primary N) is 1. The van der Waals surface area contributed by atoms with Crippen LogP contribution in [-0.4, -0.2) is 11.9 Å². The lowest BCUT2D eigenvalue weighted by Gasteiger charge is -2.15. The van der Waals surface area contributed by atoms with E-state index in [0.717, 1.165) is 5.56 Å². The van der Waals surface area contributed by atoms with Crippen molar-refractivity contribution in [1.29, 1.82) is 0 Å². The van der Waals surface area contributed by atoms with Crippen molar-refractivity contribution < 1.29 is 4.79 Å². The van der Waals surface area contributed by atoms with E-state index in [1.807, 2.05) is 44.2 Å². The zero-order valence-electron chi connectivity index (χ0n) is 12.5. The number of carbonyl (C=O) groups excluding carboxylic acids is 1. The summed E-state index contributed by atoms with van der Waals surface area (Å²) in [5.41, 5.74) is 9.24. The fraction of sp³-hybridized carbons (Fsp3) is 0.278. The molecule has 1 amide bonds. The molecule has 0 bridgehead atoms. The van der Waals surface area contributed by atoms with Crippen molar-refractivity contribution in [3.8, 4) is 11.1 Å². The number of carbonyl (C=O) groups is 1. The highest BCUT2D eigenvalue weighted by atomic mass is 16.2. The Morgan fingerprint density at radius 1 is 1.00 bits per heavy atom. The van der Waals surface area contributed by atoms with Crippen molar-refractivity contribution in [2.45, 2.75) is 26.4 Å². The molecule has 0 spiro atoms. The molecule has 2 aromatic rings. The SMILES string of the molecule is CC(C)C(N)C(=O)NCc1ccc(-c2ccccc2)cc1. The highest BCUT2D eigenvalue weighted by Gasteiger charge is 2.16. The van der Waals surface area contributed by atoms with E-state index in [2.05, 4.69) is 29.6 Å². The van der Waals surface area contributed by atoms with Crippen molar-refractivity contribution in [1.82, 2.24) is 5.32 Å². The number of benzene rings is 2. The third-order valence-electron chi connectivity index (χ3n) is 3.55. The van der Waals surface area contributed by atoms with E-state index in [1.54, 1.807) is 0 Å². The molecule has 0 saturated carbocycles. The van der Waals surface area contributed by atoms with Crippen LogP contribution in [0.15, 0.2) is 54.6 Å². The minimum atomic E-state index is -0.450. The molecule has 0 radical (unpaired) electrons. The molecule has 0 aliphatic carbocycles. The third kappa shape index (κ3) is 4.17. The number of hydrogen-bond acceptors (Lipinski definition) is 2. The third-order valence-corrected chi connectivity index (χ3v) is 3.55. The largest absolute Gasteiger partial charge is 0.351 e.